The van der Waals surface area contributed by atoms with Crippen molar-refractivity contribution in [2.75, 3.05) is 32.7 Å². The Kier molecular flexibility index (Phi) is 5.43. The summed E-state index contributed by atoms with van der Waals surface area (Å²) < 4.78 is 15.7. The van der Waals surface area contributed by atoms with Crippen molar-refractivity contribution in [3.05, 3.63) is 18.2 Å². The number of carbonyl (C=O) groups excluding carboxylic acids is 2. The molecule has 2 fully saturated rings. The van der Waals surface area contributed by atoms with E-state index in [0.29, 0.717) is 29.8 Å². The summed E-state index contributed by atoms with van der Waals surface area (Å²) in [5.41, 5.74) is 0.608. The van der Waals surface area contributed by atoms with Crippen molar-refractivity contribution < 1.29 is 28.7 Å². The van der Waals surface area contributed by atoms with Crippen LogP contribution in [0, 0.1) is 0 Å². The van der Waals surface area contributed by atoms with Gasteiger partial charge in [0.2, 0.25) is 5.91 Å². The van der Waals surface area contributed by atoms with Crippen LogP contribution in [-0.2, 0) is 14.3 Å². The minimum atomic E-state index is -0.417. The number of nitrogens with one attached hydrogen (secondary N) is 2. The third-order valence-corrected chi connectivity index (χ3v) is 5.01. The highest BCUT2D eigenvalue weighted by molar-refractivity contribution is 5.94. The van der Waals surface area contributed by atoms with Crippen LogP contribution in [0.15, 0.2) is 18.2 Å². The summed E-state index contributed by atoms with van der Waals surface area (Å²) in [6.07, 6.45) is 3.43. The zero-order valence-corrected chi connectivity index (χ0v) is 14.7. The molecule has 25 heavy (non-hydrogen) atoms. The fourth-order valence-electron chi connectivity index (χ4n) is 3.72. The summed E-state index contributed by atoms with van der Waals surface area (Å²) in [5, 5.41) is 2.84. The van der Waals surface area contributed by atoms with Gasteiger partial charge < -0.3 is 24.4 Å². The van der Waals surface area contributed by atoms with E-state index < -0.39 is 6.04 Å². The van der Waals surface area contributed by atoms with Gasteiger partial charge in [-0.2, -0.15) is 0 Å². The number of esters is 1. The summed E-state index contributed by atoms with van der Waals surface area (Å²) in [6, 6.07) is 5.08. The number of amides is 1. The van der Waals surface area contributed by atoms with Crippen molar-refractivity contribution in [1.29, 1.82) is 0 Å². The molecule has 2 heterocycles. The topological polar surface area (TPSA) is 78.3 Å². The first-order valence-electron chi connectivity index (χ1n) is 8.66. The molecule has 2 N–H and O–H groups in total. The molecule has 2 aliphatic rings. The Morgan fingerprint density at radius 1 is 1.28 bits per heavy atom. The Morgan fingerprint density at radius 3 is 2.84 bits per heavy atom. The standard InChI is InChI=1S/C18H24N2O5/c1-23-15-7-6-12(9-16(15)24-2)19-17(21)10-14-18(22)25-11-13-5-3-4-8-20(13)14/h6-7,9,13-14H,3-5,8,10-11H2,1-2H3,(H,19,21)/p+1/t13-,14+/m0/s1. The minimum Gasteiger partial charge on any atom is -0.493 e. The van der Waals surface area contributed by atoms with E-state index in [9.17, 15) is 9.59 Å². The quantitative estimate of drug-likeness (QED) is 0.752. The molecule has 0 spiro atoms. The summed E-state index contributed by atoms with van der Waals surface area (Å²) in [6.45, 7) is 1.40. The third-order valence-electron chi connectivity index (χ3n) is 5.01. The highest BCUT2D eigenvalue weighted by Gasteiger charge is 2.43. The lowest BCUT2D eigenvalue weighted by atomic mass is 9.97. The number of anilines is 1. The number of methoxy groups -OCH3 is 2. The van der Waals surface area contributed by atoms with Crippen molar-refractivity contribution in [3.63, 3.8) is 0 Å². The molecule has 136 valence electrons. The van der Waals surface area contributed by atoms with Crippen LogP contribution >= 0.6 is 0 Å². The van der Waals surface area contributed by atoms with E-state index >= 15 is 0 Å². The first-order chi connectivity index (χ1) is 12.1. The predicted molar refractivity (Wildman–Crippen MR) is 91.0 cm³/mol. The first-order valence-corrected chi connectivity index (χ1v) is 8.66. The summed E-state index contributed by atoms with van der Waals surface area (Å²) >= 11 is 0. The molecule has 3 rings (SSSR count). The van der Waals surface area contributed by atoms with Gasteiger partial charge in [0, 0.05) is 18.2 Å². The molecule has 7 heteroatoms. The second kappa shape index (κ2) is 7.74. The zero-order chi connectivity index (χ0) is 17.8. The van der Waals surface area contributed by atoms with Crippen LogP contribution in [0.5, 0.6) is 11.5 Å². The number of fused-ring (bicyclic) bond motifs is 1. The zero-order valence-electron chi connectivity index (χ0n) is 14.7. The van der Waals surface area contributed by atoms with Crippen LogP contribution < -0.4 is 19.7 Å². The van der Waals surface area contributed by atoms with Gasteiger partial charge in [-0.05, 0) is 25.0 Å². The van der Waals surface area contributed by atoms with Gasteiger partial charge in [0.15, 0.2) is 17.5 Å². The summed E-state index contributed by atoms with van der Waals surface area (Å²) in [5.74, 6) is 0.666. The predicted octanol–water partition coefficient (Wildman–Crippen LogP) is 0.395. The van der Waals surface area contributed by atoms with Gasteiger partial charge in [-0.3, -0.25) is 4.79 Å². The van der Waals surface area contributed by atoms with Crippen LogP contribution in [-0.4, -0.2) is 51.3 Å². The van der Waals surface area contributed by atoms with Crippen molar-refractivity contribution in [3.8, 4) is 11.5 Å². The fraction of sp³-hybridized carbons (Fsp3) is 0.556. The molecule has 1 amide bonds. The number of benzene rings is 1. The average molecular weight is 349 g/mol. The second-order valence-corrected chi connectivity index (χ2v) is 6.52. The normalized spacial score (nSPS) is 25.5. The van der Waals surface area contributed by atoms with Gasteiger partial charge in [0.1, 0.15) is 12.6 Å². The number of morpholine rings is 1. The molecule has 3 atom stereocenters. The highest BCUT2D eigenvalue weighted by Crippen LogP contribution is 2.29. The SMILES string of the molecule is COc1ccc(NC(=O)C[C@@H]2C(=O)OC[C@@H]3CCCC[NH+]32)cc1OC. The Bertz CT molecular complexity index is 648. The van der Waals surface area contributed by atoms with Crippen LogP contribution in [0.2, 0.25) is 0 Å². The molecular formula is C18H25N2O5+. The number of piperidine rings is 1. The van der Waals surface area contributed by atoms with Crippen LogP contribution in [0.25, 0.3) is 0 Å². The van der Waals surface area contributed by atoms with Gasteiger partial charge in [-0.15, -0.1) is 0 Å². The van der Waals surface area contributed by atoms with E-state index in [4.69, 9.17) is 14.2 Å². The molecular weight excluding hydrogens is 324 g/mol. The average Bonchev–Trinajstić information content (AvgIpc) is 2.64. The molecule has 0 aliphatic carbocycles. The van der Waals surface area contributed by atoms with Crippen molar-refractivity contribution in [1.82, 2.24) is 0 Å². The van der Waals surface area contributed by atoms with Crippen LogP contribution in [0.3, 0.4) is 0 Å². The summed E-state index contributed by atoms with van der Waals surface area (Å²) in [7, 11) is 3.10. The van der Waals surface area contributed by atoms with E-state index in [1.54, 1.807) is 32.4 Å². The Morgan fingerprint density at radius 2 is 2.08 bits per heavy atom. The monoisotopic (exact) mass is 349 g/mol. The van der Waals surface area contributed by atoms with Crippen LogP contribution in [0.4, 0.5) is 5.69 Å². The van der Waals surface area contributed by atoms with E-state index in [-0.39, 0.29) is 18.3 Å². The van der Waals surface area contributed by atoms with E-state index in [0.717, 1.165) is 25.8 Å². The highest BCUT2D eigenvalue weighted by atomic mass is 16.5. The third kappa shape index (κ3) is 3.87. The maximum absolute atomic E-state index is 12.5. The molecule has 1 unspecified atom stereocenters. The van der Waals surface area contributed by atoms with Gasteiger partial charge in [0.05, 0.1) is 27.2 Å². The number of ether oxygens (including phenoxy) is 3. The van der Waals surface area contributed by atoms with Crippen molar-refractivity contribution in [2.24, 2.45) is 0 Å². The maximum Gasteiger partial charge on any atom is 0.365 e. The molecule has 1 aromatic carbocycles. The first kappa shape index (κ1) is 17.5. The number of quaternary nitrogens is 1. The number of rotatable bonds is 5. The van der Waals surface area contributed by atoms with Crippen molar-refractivity contribution in [2.45, 2.75) is 37.8 Å². The molecule has 0 aromatic heterocycles. The second-order valence-electron chi connectivity index (χ2n) is 6.52. The van der Waals surface area contributed by atoms with Gasteiger partial charge in [0.25, 0.3) is 0 Å². The number of hydrogen-bond donors (Lipinski definition) is 2. The van der Waals surface area contributed by atoms with Gasteiger partial charge in [-0.1, -0.05) is 0 Å². The Balaban J connectivity index is 1.66. The largest absolute Gasteiger partial charge is 0.493 e. The van der Waals surface area contributed by atoms with Gasteiger partial charge >= 0.3 is 5.97 Å². The molecule has 2 aliphatic heterocycles. The maximum atomic E-state index is 12.5. The van der Waals surface area contributed by atoms with Gasteiger partial charge in [-0.25, -0.2) is 4.79 Å². The number of carbonyl (C=O) groups is 2. The van der Waals surface area contributed by atoms with E-state index in [2.05, 4.69) is 5.32 Å². The fourth-order valence-corrected chi connectivity index (χ4v) is 3.72. The van der Waals surface area contributed by atoms with E-state index in [1.807, 2.05) is 0 Å². The number of hydrogen-bond acceptors (Lipinski definition) is 5. The molecule has 0 bridgehead atoms. The minimum absolute atomic E-state index is 0.124. The summed E-state index contributed by atoms with van der Waals surface area (Å²) in [4.78, 5) is 25.8. The lowest BCUT2D eigenvalue weighted by molar-refractivity contribution is -0.951. The molecule has 7 nitrogen and oxygen atoms in total. The molecule has 2 saturated heterocycles. The Hall–Kier alpha value is -2.28. The lowest BCUT2D eigenvalue weighted by Gasteiger charge is -2.40. The lowest BCUT2D eigenvalue weighted by Crippen LogP contribution is -3.22. The Labute approximate surface area is 147 Å². The molecule has 0 saturated carbocycles. The number of cyclic esters (lactones) is 1. The van der Waals surface area contributed by atoms with E-state index in [1.165, 1.54) is 4.90 Å². The molecule has 0 radical (unpaired) electrons. The molecule has 1 aromatic rings. The van der Waals surface area contributed by atoms with Crippen LogP contribution in [0.1, 0.15) is 25.7 Å². The van der Waals surface area contributed by atoms with Crippen molar-refractivity contribution >= 4 is 17.6 Å². The smallest absolute Gasteiger partial charge is 0.365 e.